The van der Waals surface area contributed by atoms with Gasteiger partial charge < -0.3 is 10.2 Å². The van der Waals surface area contributed by atoms with Gasteiger partial charge >= 0.3 is 6.03 Å². The number of anilines is 1. The summed E-state index contributed by atoms with van der Waals surface area (Å²) in [6, 6.07) is 11.8. The number of aryl methyl sites for hydroxylation is 1. The molecule has 23 heavy (non-hydrogen) atoms. The van der Waals surface area contributed by atoms with Gasteiger partial charge in [0.05, 0.1) is 16.8 Å². The smallest absolute Gasteiger partial charge is 0.317 e. The topological polar surface area (TPSA) is 32.3 Å². The number of likely N-dealkylation sites (tertiary alicyclic amines) is 1. The molecule has 0 saturated carbocycles. The van der Waals surface area contributed by atoms with Gasteiger partial charge in [-0.05, 0) is 44.0 Å². The molecule has 0 radical (unpaired) electrons. The quantitative estimate of drug-likeness (QED) is 0.724. The molecule has 2 heterocycles. The SMILES string of the molecule is Cc1ccc([C@H]2CCCCCN2C(=O)Nc2ccccc2Cl)s1. The van der Waals surface area contributed by atoms with Gasteiger partial charge in [-0.25, -0.2) is 4.79 Å². The monoisotopic (exact) mass is 348 g/mol. The zero-order valence-electron chi connectivity index (χ0n) is 13.2. The van der Waals surface area contributed by atoms with E-state index in [1.165, 1.54) is 16.2 Å². The van der Waals surface area contributed by atoms with Crippen molar-refractivity contribution in [3.63, 3.8) is 0 Å². The average Bonchev–Trinajstić information content (AvgIpc) is 2.82. The van der Waals surface area contributed by atoms with Crippen molar-refractivity contribution in [2.45, 2.75) is 38.6 Å². The van der Waals surface area contributed by atoms with E-state index in [2.05, 4.69) is 24.4 Å². The Kier molecular flexibility index (Phi) is 5.23. The zero-order valence-corrected chi connectivity index (χ0v) is 14.8. The second kappa shape index (κ2) is 7.37. The lowest BCUT2D eigenvalue weighted by atomic mass is 10.1. The molecule has 2 aromatic rings. The molecule has 1 aromatic carbocycles. The fourth-order valence-electron chi connectivity index (χ4n) is 3.03. The predicted molar refractivity (Wildman–Crippen MR) is 97.4 cm³/mol. The van der Waals surface area contributed by atoms with Gasteiger partial charge in [-0.2, -0.15) is 0 Å². The maximum absolute atomic E-state index is 12.8. The number of carbonyl (C=O) groups is 1. The van der Waals surface area contributed by atoms with Crippen LogP contribution in [0.5, 0.6) is 0 Å². The Hall–Kier alpha value is -1.52. The lowest BCUT2D eigenvalue weighted by molar-refractivity contribution is 0.190. The first kappa shape index (κ1) is 16.3. The lowest BCUT2D eigenvalue weighted by Crippen LogP contribution is -2.37. The first-order valence-corrected chi connectivity index (χ1v) is 9.23. The Morgan fingerprint density at radius 2 is 2.04 bits per heavy atom. The molecule has 0 spiro atoms. The minimum absolute atomic E-state index is 0.0592. The summed E-state index contributed by atoms with van der Waals surface area (Å²) < 4.78 is 0. The third-order valence-corrected chi connectivity index (χ3v) is 5.65. The van der Waals surface area contributed by atoms with Crippen LogP contribution in [-0.4, -0.2) is 17.5 Å². The van der Waals surface area contributed by atoms with E-state index in [1.54, 1.807) is 17.4 Å². The highest BCUT2D eigenvalue weighted by Crippen LogP contribution is 2.35. The van der Waals surface area contributed by atoms with Gasteiger partial charge in [-0.3, -0.25) is 0 Å². The van der Waals surface area contributed by atoms with Gasteiger partial charge in [0, 0.05) is 16.3 Å². The zero-order chi connectivity index (χ0) is 16.2. The number of carbonyl (C=O) groups excluding carboxylic acids is 1. The Morgan fingerprint density at radius 1 is 1.22 bits per heavy atom. The van der Waals surface area contributed by atoms with Crippen LogP contribution in [0.3, 0.4) is 0 Å². The van der Waals surface area contributed by atoms with E-state index in [-0.39, 0.29) is 12.1 Å². The van der Waals surface area contributed by atoms with E-state index >= 15 is 0 Å². The van der Waals surface area contributed by atoms with Gasteiger partial charge in [0.15, 0.2) is 0 Å². The number of rotatable bonds is 2. The van der Waals surface area contributed by atoms with E-state index in [9.17, 15) is 4.79 Å². The van der Waals surface area contributed by atoms with E-state index < -0.39 is 0 Å². The number of benzene rings is 1. The van der Waals surface area contributed by atoms with Crippen LogP contribution in [-0.2, 0) is 0 Å². The van der Waals surface area contributed by atoms with Gasteiger partial charge in [-0.15, -0.1) is 11.3 Å². The second-order valence-corrected chi connectivity index (χ2v) is 7.64. The van der Waals surface area contributed by atoms with Crippen molar-refractivity contribution < 1.29 is 4.79 Å². The molecule has 3 rings (SSSR count). The fourth-order valence-corrected chi connectivity index (χ4v) is 4.24. The number of urea groups is 1. The first-order chi connectivity index (χ1) is 11.1. The molecule has 122 valence electrons. The molecule has 1 atom stereocenters. The summed E-state index contributed by atoms with van der Waals surface area (Å²) in [6.45, 7) is 2.90. The minimum Gasteiger partial charge on any atom is -0.317 e. The number of hydrogen-bond donors (Lipinski definition) is 1. The van der Waals surface area contributed by atoms with Gasteiger partial charge in [0.25, 0.3) is 0 Å². The summed E-state index contributed by atoms with van der Waals surface area (Å²) in [5.74, 6) is 0. The largest absolute Gasteiger partial charge is 0.322 e. The molecule has 1 aromatic heterocycles. The highest BCUT2D eigenvalue weighted by Gasteiger charge is 2.28. The van der Waals surface area contributed by atoms with E-state index in [1.807, 2.05) is 23.1 Å². The summed E-state index contributed by atoms with van der Waals surface area (Å²) >= 11 is 7.95. The van der Waals surface area contributed by atoms with Gasteiger partial charge in [0.1, 0.15) is 0 Å². The Balaban J connectivity index is 1.81. The number of nitrogens with zero attached hydrogens (tertiary/aromatic N) is 1. The molecule has 5 heteroatoms. The minimum atomic E-state index is -0.0592. The predicted octanol–water partition coefficient (Wildman–Crippen LogP) is 5.86. The molecule has 1 N–H and O–H groups in total. The summed E-state index contributed by atoms with van der Waals surface area (Å²) in [5.41, 5.74) is 0.671. The van der Waals surface area contributed by atoms with Crippen molar-refractivity contribution in [1.82, 2.24) is 4.90 Å². The van der Waals surface area contributed by atoms with Crippen molar-refractivity contribution in [3.8, 4) is 0 Å². The van der Waals surface area contributed by atoms with E-state index in [4.69, 9.17) is 11.6 Å². The Labute approximate surface area is 146 Å². The van der Waals surface area contributed by atoms with Crippen LogP contribution in [0.1, 0.15) is 41.5 Å². The van der Waals surface area contributed by atoms with Gasteiger partial charge in [0.2, 0.25) is 0 Å². The van der Waals surface area contributed by atoms with E-state index in [0.717, 1.165) is 25.8 Å². The highest BCUT2D eigenvalue weighted by molar-refractivity contribution is 7.12. The van der Waals surface area contributed by atoms with Crippen LogP contribution in [0.15, 0.2) is 36.4 Å². The number of amides is 2. The summed E-state index contributed by atoms with van der Waals surface area (Å²) in [4.78, 5) is 17.4. The standard InChI is InChI=1S/C18H21ClN2OS/c1-13-10-11-17(23-13)16-9-3-2-6-12-21(16)18(22)20-15-8-5-4-7-14(15)19/h4-5,7-8,10-11,16H,2-3,6,9,12H2,1H3,(H,20,22)/t16-/m1/s1. The Bertz CT molecular complexity index is 685. The van der Waals surface area contributed by atoms with Crippen LogP contribution in [0.25, 0.3) is 0 Å². The molecule has 0 unspecified atom stereocenters. The molecule has 1 fully saturated rings. The number of halogens is 1. The Morgan fingerprint density at radius 3 is 2.78 bits per heavy atom. The van der Waals surface area contributed by atoms with Crippen LogP contribution in [0.2, 0.25) is 5.02 Å². The summed E-state index contributed by atoms with van der Waals surface area (Å²) in [7, 11) is 0. The van der Waals surface area contributed by atoms with Crippen molar-refractivity contribution in [2.24, 2.45) is 0 Å². The van der Waals surface area contributed by atoms with E-state index in [0.29, 0.717) is 10.7 Å². The van der Waals surface area contributed by atoms with Gasteiger partial charge in [-0.1, -0.05) is 36.6 Å². The number of thiophene rings is 1. The van der Waals surface area contributed by atoms with Crippen molar-refractivity contribution >= 4 is 34.7 Å². The molecule has 0 aliphatic carbocycles. The number of hydrogen-bond acceptors (Lipinski definition) is 2. The third kappa shape index (κ3) is 3.88. The van der Waals surface area contributed by atoms with Crippen LogP contribution >= 0.6 is 22.9 Å². The summed E-state index contributed by atoms with van der Waals surface area (Å²) in [6.07, 6.45) is 4.42. The van der Waals surface area contributed by atoms with Crippen molar-refractivity contribution in [2.75, 3.05) is 11.9 Å². The molecule has 0 bridgehead atoms. The van der Waals surface area contributed by atoms with Crippen molar-refractivity contribution in [3.05, 3.63) is 51.2 Å². The summed E-state index contributed by atoms with van der Waals surface area (Å²) in [5, 5.41) is 3.54. The molecule has 2 amide bonds. The van der Waals surface area contributed by atoms with Crippen LogP contribution < -0.4 is 5.32 Å². The molecule has 3 nitrogen and oxygen atoms in total. The molecular formula is C18H21ClN2OS. The number of nitrogens with one attached hydrogen (secondary N) is 1. The average molecular weight is 349 g/mol. The fraction of sp³-hybridized carbons (Fsp3) is 0.389. The van der Waals surface area contributed by atoms with Crippen molar-refractivity contribution in [1.29, 1.82) is 0 Å². The highest BCUT2D eigenvalue weighted by atomic mass is 35.5. The maximum Gasteiger partial charge on any atom is 0.322 e. The molecule has 1 aliphatic heterocycles. The van der Waals surface area contributed by atoms with Crippen LogP contribution in [0.4, 0.5) is 10.5 Å². The number of para-hydroxylation sites is 1. The van der Waals surface area contributed by atoms with Crippen LogP contribution in [0, 0.1) is 6.92 Å². The third-order valence-electron chi connectivity index (χ3n) is 4.22. The first-order valence-electron chi connectivity index (χ1n) is 8.03. The second-order valence-electron chi connectivity index (χ2n) is 5.92. The maximum atomic E-state index is 12.8. The normalized spacial score (nSPS) is 18.5. The molecule has 1 aliphatic rings. The molecule has 1 saturated heterocycles. The lowest BCUT2D eigenvalue weighted by Gasteiger charge is -2.29. The molecular weight excluding hydrogens is 328 g/mol.